The zero-order chi connectivity index (χ0) is 18.6. The minimum absolute atomic E-state index is 0.0928. The molecule has 1 fully saturated rings. The Hall–Kier alpha value is -3.15. The number of amides is 2. The first-order valence-corrected chi connectivity index (χ1v) is 9.31. The van der Waals surface area contributed by atoms with Crippen LogP contribution in [0.25, 0.3) is 16.7 Å². The topological polar surface area (TPSA) is 67.2 Å². The summed E-state index contributed by atoms with van der Waals surface area (Å²) < 4.78 is 2.00. The lowest BCUT2D eigenvalue weighted by Crippen LogP contribution is -2.30. The number of imidazole rings is 1. The first-order chi connectivity index (χ1) is 13.2. The molecule has 1 aliphatic heterocycles. The standard InChI is InChI=1S/C21H22N4O2/c26-20-7-3-13-24(20)14-4-12-22-21(27)16-8-10-17(11-9-16)25-15-23-18-5-1-2-6-19(18)25/h1-2,5-6,8-11,15H,3-4,7,12-14H2,(H,22,27). The van der Waals surface area contributed by atoms with Crippen molar-refractivity contribution in [3.63, 3.8) is 0 Å². The summed E-state index contributed by atoms with van der Waals surface area (Å²) in [5.41, 5.74) is 3.56. The van der Waals surface area contributed by atoms with Crippen molar-refractivity contribution in [3.05, 3.63) is 60.4 Å². The van der Waals surface area contributed by atoms with Gasteiger partial charge in [0.15, 0.2) is 0 Å². The predicted molar refractivity (Wildman–Crippen MR) is 104 cm³/mol. The van der Waals surface area contributed by atoms with E-state index < -0.39 is 0 Å². The van der Waals surface area contributed by atoms with Crippen molar-refractivity contribution in [2.45, 2.75) is 19.3 Å². The average Bonchev–Trinajstić information content (AvgIpc) is 3.31. The molecule has 0 spiro atoms. The van der Waals surface area contributed by atoms with E-state index in [0.717, 1.165) is 36.1 Å². The van der Waals surface area contributed by atoms with E-state index in [0.29, 0.717) is 25.1 Å². The van der Waals surface area contributed by atoms with Crippen LogP contribution in [-0.2, 0) is 4.79 Å². The van der Waals surface area contributed by atoms with Crippen molar-refractivity contribution < 1.29 is 9.59 Å². The molecule has 1 N–H and O–H groups in total. The van der Waals surface area contributed by atoms with E-state index in [1.165, 1.54) is 0 Å². The van der Waals surface area contributed by atoms with Crippen molar-refractivity contribution in [1.29, 1.82) is 0 Å². The fourth-order valence-corrected chi connectivity index (χ4v) is 3.45. The highest BCUT2D eigenvalue weighted by Crippen LogP contribution is 2.18. The van der Waals surface area contributed by atoms with Gasteiger partial charge in [-0.3, -0.25) is 14.2 Å². The molecule has 2 aromatic carbocycles. The first-order valence-electron chi connectivity index (χ1n) is 9.31. The summed E-state index contributed by atoms with van der Waals surface area (Å²) in [5.74, 6) is 0.133. The number of nitrogens with one attached hydrogen (secondary N) is 1. The third-order valence-electron chi connectivity index (χ3n) is 4.92. The number of para-hydroxylation sites is 2. The number of benzene rings is 2. The fraction of sp³-hybridized carbons (Fsp3) is 0.286. The monoisotopic (exact) mass is 362 g/mol. The fourth-order valence-electron chi connectivity index (χ4n) is 3.45. The molecule has 138 valence electrons. The van der Waals surface area contributed by atoms with Gasteiger partial charge in [0.2, 0.25) is 5.91 Å². The van der Waals surface area contributed by atoms with E-state index in [1.54, 1.807) is 6.33 Å². The molecule has 2 amide bonds. The Kier molecular flexibility index (Phi) is 4.87. The van der Waals surface area contributed by atoms with Gasteiger partial charge in [0, 0.05) is 37.3 Å². The van der Waals surface area contributed by atoms with E-state index in [2.05, 4.69) is 10.3 Å². The van der Waals surface area contributed by atoms with Gasteiger partial charge in [0.25, 0.3) is 5.91 Å². The Morgan fingerprint density at radius 3 is 2.70 bits per heavy atom. The number of fused-ring (bicyclic) bond motifs is 1. The molecule has 1 aliphatic rings. The quantitative estimate of drug-likeness (QED) is 0.686. The SMILES string of the molecule is O=C(NCCCN1CCCC1=O)c1ccc(-n2cnc3ccccc32)cc1. The molecule has 0 unspecified atom stereocenters. The second-order valence-corrected chi connectivity index (χ2v) is 6.74. The van der Waals surface area contributed by atoms with Crippen LogP contribution in [0.3, 0.4) is 0 Å². The predicted octanol–water partition coefficient (Wildman–Crippen LogP) is 2.77. The molecule has 0 aliphatic carbocycles. The summed E-state index contributed by atoms with van der Waals surface area (Å²) in [7, 11) is 0. The van der Waals surface area contributed by atoms with Crippen LogP contribution in [0.15, 0.2) is 54.9 Å². The summed E-state index contributed by atoms with van der Waals surface area (Å²) in [5, 5.41) is 2.93. The van der Waals surface area contributed by atoms with Crippen LogP contribution in [0.2, 0.25) is 0 Å². The Balaban J connectivity index is 1.34. The zero-order valence-electron chi connectivity index (χ0n) is 15.1. The maximum absolute atomic E-state index is 12.3. The van der Waals surface area contributed by atoms with Crippen LogP contribution in [0.1, 0.15) is 29.6 Å². The van der Waals surface area contributed by atoms with Crippen LogP contribution in [0.5, 0.6) is 0 Å². The summed E-state index contributed by atoms with van der Waals surface area (Å²) >= 11 is 0. The van der Waals surface area contributed by atoms with Gasteiger partial charge in [0.05, 0.1) is 11.0 Å². The van der Waals surface area contributed by atoms with Crippen LogP contribution < -0.4 is 5.32 Å². The van der Waals surface area contributed by atoms with Gasteiger partial charge in [-0.05, 0) is 49.2 Å². The number of nitrogens with zero attached hydrogens (tertiary/aromatic N) is 3. The molecule has 3 aromatic rings. The molecule has 0 radical (unpaired) electrons. The third-order valence-corrected chi connectivity index (χ3v) is 4.92. The number of aromatic nitrogens is 2. The van der Waals surface area contributed by atoms with Gasteiger partial charge in [-0.25, -0.2) is 4.98 Å². The second kappa shape index (κ2) is 7.61. The molecule has 0 saturated carbocycles. The Morgan fingerprint density at radius 2 is 1.93 bits per heavy atom. The van der Waals surface area contributed by atoms with Crippen LogP contribution in [-0.4, -0.2) is 45.9 Å². The Labute approximate surface area is 157 Å². The number of hydrogen-bond donors (Lipinski definition) is 1. The third kappa shape index (κ3) is 3.69. The summed E-state index contributed by atoms with van der Waals surface area (Å²) in [6, 6.07) is 15.4. The van der Waals surface area contributed by atoms with Gasteiger partial charge in [0.1, 0.15) is 6.33 Å². The number of carbonyl (C=O) groups is 2. The largest absolute Gasteiger partial charge is 0.352 e. The highest BCUT2D eigenvalue weighted by atomic mass is 16.2. The molecule has 0 bridgehead atoms. The minimum atomic E-state index is -0.0928. The lowest BCUT2D eigenvalue weighted by atomic mass is 10.2. The van der Waals surface area contributed by atoms with Crippen LogP contribution in [0.4, 0.5) is 0 Å². The maximum atomic E-state index is 12.3. The zero-order valence-corrected chi connectivity index (χ0v) is 15.1. The summed E-state index contributed by atoms with van der Waals surface area (Å²) in [6.07, 6.45) is 4.17. The average molecular weight is 362 g/mol. The Morgan fingerprint density at radius 1 is 1.11 bits per heavy atom. The summed E-state index contributed by atoms with van der Waals surface area (Å²) in [6.45, 7) is 2.12. The molecule has 1 aromatic heterocycles. The molecule has 0 atom stereocenters. The molecule has 27 heavy (non-hydrogen) atoms. The minimum Gasteiger partial charge on any atom is -0.352 e. The van der Waals surface area contributed by atoms with Crippen molar-refractivity contribution in [2.75, 3.05) is 19.6 Å². The number of likely N-dealkylation sites (tertiary alicyclic amines) is 1. The van der Waals surface area contributed by atoms with Gasteiger partial charge >= 0.3 is 0 Å². The van der Waals surface area contributed by atoms with Gasteiger partial charge in [-0.2, -0.15) is 0 Å². The lowest BCUT2D eigenvalue weighted by molar-refractivity contribution is -0.127. The van der Waals surface area contributed by atoms with E-state index in [1.807, 2.05) is 58.0 Å². The van der Waals surface area contributed by atoms with Gasteiger partial charge in [-0.1, -0.05) is 12.1 Å². The second-order valence-electron chi connectivity index (χ2n) is 6.74. The number of hydrogen-bond acceptors (Lipinski definition) is 3. The van der Waals surface area contributed by atoms with E-state index in [9.17, 15) is 9.59 Å². The molecule has 2 heterocycles. The van der Waals surface area contributed by atoms with Gasteiger partial charge in [-0.15, -0.1) is 0 Å². The molecular formula is C21H22N4O2. The van der Waals surface area contributed by atoms with Crippen molar-refractivity contribution >= 4 is 22.8 Å². The maximum Gasteiger partial charge on any atom is 0.251 e. The van der Waals surface area contributed by atoms with E-state index in [-0.39, 0.29) is 11.8 Å². The van der Waals surface area contributed by atoms with E-state index in [4.69, 9.17) is 0 Å². The van der Waals surface area contributed by atoms with Gasteiger partial charge < -0.3 is 10.2 Å². The summed E-state index contributed by atoms with van der Waals surface area (Å²) in [4.78, 5) is 30.1. The van der Waals surface area contributed by atoms with Crippen LogP contribution in [0, 0.1) is 0 Å². The number of carbonyl (C=O) groups excluding carboxylic acids is 2. The lowest BCUT2D eigenvalue weighted by Gasteiger charge is -2.15. The molecule has 4 rings (SSSR count). The smallest absolute Gasteiger partial charge is 0.251 e. The van der Waals surface area contributed by atoms with Crippen molar-refractivity contribution in [3.8, 4) is 5.69 Å². The van der Waals surface area contributed by atoms with Crippen LogP contribution >= 0.6 is 0 Å². The molecule has 6 nitrogen and oxygen atoms in total. The Bertz CT molecular complexity index is 962. The normalized spacial score (nSPS) is 14.1. The van der Waals surface area contributed by atoms with E-state index >= 15 is 0 Å². The molecule has 1 saturated heterocycles. The van der Waals surface area contributed by atoms with Crippen molar-refractivity contribution in [2.24, 2.45) is 0 Å². The highest BCUT2D eigenvalue weighted by Gasteiger charge is 2.19. The van der Waals surface area contributed by atoms with Crippen molar-refractivity contribution in [1.82, 2.24) is 19.8 Å². The number of rotatable bonds is 6. The molecule has 6 heteroatoms. The first kappa shape index (κ1) is 17.3. The molecular weight excluding hydrogens is 340 g/mol. The highest BCUT2D eigenvalue weighted by molar-refractivity contribution is 5.94.